The summed E-state index contributed by atoms with van der Waals surface area (Å²) in [7, 11) is 0. The summed E-state index contributed by atoms with van der Waals surface area (Å²) in [5.41, 5.74) is -0.485. The highest BCUT2D eigenvalue weighted by Gasteiger charge is 2.48. The molecule has 0 heterocycles. The molecule has 0 spiro atoms. The second kappa shape index (κ2) is 3.89. The van der Waals surface area contributed by atoms with E-state index in [1.54, 1.807) is 6.21 Å². The molecule has 78 valence electrons. The topological polar surface area (TPSA) is 38.7 Å². The lowest BCUT2D eigenvalue weighted by molar-refractivity contribution is -0.114. The van der Waals surface area contributed by atoms with Crippen molar-refractivity contribution < 1.29 is 9.63 Å². The van der Waals surface area contributed by atoms with Gasteiger partial charge in [0, 0.05) is 0 Å². The number of hydrogen-bond donors (Lipinski definition) is 0. The van der Waals surface area contributed by atoms with Crippen LogP contribution in [0.4, 0.5) is 0 Å². The molecule has 14 heavy (non-hydrogen) atoms. The summed E-state index contributed by atoms with van der Waals surface area (Å²) in [6.45, 7) is 0.684. The van der Waals surface area contributed by atoms with Crippen LogP contribution in [-0.2, 0) is 9.63 Å². The van der Waals surface area contributed by atoms with Crippen molar-refractivity contribution in [2.75, 3.05) is 6.61 Å². The number of carbonyl (C=O) groups is 1. The minimum absolute atomic E-state index is 0.312. The molecule has 0 aliphatic heterocycles. The lowest BCUT2D eigenvalue weighted by Crippen LogP contribution is -2.17. The van der Waals surface area contributed by atoms with Gasteiger partial charge in [0.25, 0.3) is 0 Å². The number of rotatable bonds is 5. The Labute approximate surface area is 88.4 Å². The van der Waals surface area contributed by atoms with Gasteiger partial charge in [0.1, 0.15) is 6.61 Å². The molecule has 0 saturated heterocycles. The Hall–Kier alpha value is -0.570. The van der Waals surface area contributed by atoms with Crippen molar-refractivity contribution in [2.45, 2.75) is 32.1 Å². The van der Waals surface area contributed by atoms with Crippen LogP contribution in [0, 0.1) is 11.3 Å². The fourth-order valence-corrected chi connectivity index (χ4v) is 1.69. The third kappa shape index (κ3) is 2.08. The van der Waals surface area contributed by atoms with Crippen LogP contribution in [0.25, 0.3) is 0 Å². The number of carbonyl (C=O) groups excluding carboxylic acids is 1. The van der Waals surface area contributed by atoms with E-state index in [-0.39, 0.29) is 5.24 Å². The van der Waals surface area contributed by atoms with Crippen LogP contribution in [0.2, 0.25) is 0 Å². The molecular formula is C10H14ClNO2. The first-order chi connectivity index (χ1) is 6.73. The van der Waals surface area contributed by atoms with Crippen molar-refractivity contribution in [3.8, 4) is 0 Å². The van der Waals surface area contributed by atoms with E-state index in [9.17, 15) is 4.79 Å². The molecular weight excluding hydrogens is 202 g/mol. The van der Waals surface area contributed by atoms with Crippen LogP contribution in [0.5, 0.6) is 0 Å². The molecule has 0 bridgehead atoms. The molecule has 0 radical (unpaired) electrons. The molecule has 0 aromatic rings. The van der Waals surface area contributed by atoms with Gasteiger partial charge in [0.05, 0.1) is 11.6 Å². The molecule has 2 saturated carbocycles. The van der Waals surface area contributed by atoms with Gasteiger partial charge in [0.2, 0.25) is 5.24 Å². The maximum Gasteiger partial charge on any atom is 0.233 e. The molecule has 4 heteroatoms. The summed E-state index contributed by atoms with van der Waals surface area (Å²) in [5.74, 6) is 0.675. The van der Waals surface area contributed by atoms with Crippen LogP contribution in [-0.4, -0.2) is 18.1 Å². The zero-order chi connectivity index (χ0) is 10.0. The Bertz CT molecular complexity index is 257. The van der Waals surface area contributed by atoms with Crippen molar-refractivity contribution in [1.29, 1.82) is 0 Å². The van der Waals surface area contributed by atoms with Gasteiger partial charge >= 0.3 is 0 Å². The van der Waals surface area contributed by atoms with Crippen LogP contribution in [0.1, 0.15) is 32.1 Å². The lowest BCUT2D eigenvalue weighted by atomic mass is 9.86. The predicted molar refractivity (Wildman–Crippen MR) is 54.3 cm³/mol. The Morgan fingerprint density at radius 2 is 2.29 bits per heavy atom. The maximum atomic E-state index is 10.9. The number of nitrogens with zero attached hydrogens (tertiary/aromatic N) is 1. The van der Waals surface area contributed by atoms with Crippen molar-refractivity contribution in [2.24, 2.45) is 16.5 Å². The minimum Gasteiger partial charge on any atom is -0.396 e. The van der Waals surface area contributed by atoms with Gasteiger partial charge in [-0.1, -0.05) is 11.6 Å². The Morgan fingerprint density at radius 1 is 1.57 bits per heavy atom. The molecule has 0 aromatic carbocycles. The van der Waals surface area contributed by atoms with E-state index in [0.29, 0.717) is 12.5 Å². The molecule has 0 aromatic heterocycles. The first kappa shape index (κ1) is 9.97. The number of oxime groups is 1. The van der Waals surface area contributed by atoms with Crippen molar-refractivity contribution >= 4 is 23.1 Å². The zero-order valence-corrected chi connectivity index (χ0v) is 8.79. The maximum absolute atomic E-state index is 10.9. The normalized spacial score (nSPS) is 24.6. The van der Waals surface area contributed by atoms with Crippen molar-refractivity contribution in [1.82, 2.24) is 0 Å². The standard InChI is InChI=1S/C10H14ClNO2/c11-9(13)10(4-5-10)7-12-14-6-8-2-1-3-8/h7-8H,1-6H2/b12-7+. The monoisotopic (exact) mass is 215 g/mol. The zero-order valence-electron chi connectivity index (χ0n) is 8.04. The smallest absolute Gasteiger partial charge is 0.233 e. The highest BCUT2D eigenvalue weighted by molar-refractivity contribution is 6.66. The largest absolute Gasteiger partial charge is 0.396 e. The highest BCUT2D eigenvalue weighted by Crippen LogP contribution is 2.45. The van der Waals surface area contributed by atoms with Crippen LogP contribution in [0.3, 0.4) is 0 Å². The fourth-order valence-electron chi connectivity index (χ4n) is 1.46. The van der Waals surface area contributed by atoms with E-state index in [2.05, 4.69) is 5.16 Å². The second-order valence-corrected chi connectivity index (χ2v) is 4.60. The summed E-state index contributed by atoms with van der Waals surface area (Å²) < 4.78 is 0. The van der Waals surface area contributed by atoms with E-state index in [0.717, 1.165) is 12.8 Å². The lowest BCUT2D eigenvalue weighted by Gasteiger charge is -2.23. The average molecular weight is 216 g/mol. The first-order valence-corrected chi connectivity index (χ1v) is 5.47. The van der Waals surface area contributed by atoms with Crippen LogP contribution >= 0.6 is 11.6 Å². The van der Waals surface area contributed by atoms with E-state index in [1.807, 2.05) is 0 Å². The highest BCUT2D eigenvalue weighted by atomic mass is 35.5. The van der Waals surface area contributed by atoms with Crippen molar-refractivity contribution in [3.05, 3.63) is 0 Å². The molecule has 2 aliphatic carbocycles. The van der Waals surface area contributed by atoms with Gasteiger partial charge < -0.3 is 4.84 Å². The summed E-state index contributed by atoms with van der Waals surface area (Å²) >= 11 is 5.43. The van der Waals surface area contributed by atoms with Gasteiger partial charge in [0.15, 0.2) is 0 Å². The second-order valence-electron chi connectivity index (χ2n) is 4.26. The first-order valence-electron chi connectivity index (χ1n) is 5.09. The van der Waals surface area contributed by atoms with Crippen molar-refractivity contribution in [3.63, 3.8) is 0 Å². The third-order valence-corrected chi connectivity index (χ3v) is 3.47. The molecule has 2 fully saturated rings. The van der Waals surface area contributed by atoms with Gasteiger partial charge in [-0.15, -0.1) is 0 Å². The molecule has 0 amide bonds. The molecule has 0 atom stereocenters. The molecule has 0 unspecified atom stereocenters. The Balaban J connectivity index is 1.69. The van der Waals surface area contributed by atoms with E-state index < -0.39 is 5.41 Å². The predicted octanol–water partition coefficient (Wildman–Crippen LogP) is 2.33. The molecule has 3 nitrogen and oxygen atoms in total. The SMILES string of the molecule is O=C(Cl)C1(/C=N/OCC2CCC2)CC1. The molecule has 2 rings (SSSR count). The van der Waals surface area contributed by atoms with Gasteiger partial charge in [-0.3, -0.25) is 4.79 Å². The van der Waals surface area contributed by atoms with Crippen LogP contribution < -0.4 is 0 Å². The average Bonchev–Trinajstić information content (AvgIpc) is 2.81. The van der Waals surface area contributed by atoms with Gasteiger partial charge in [-0.25, -0.2) is 0 Å². The minimum atomic E-state index is -0.485. The number of hydrogen-bond acceptors (Lipinski definition) is 3. The van der Waals surface area contributed by atoms with Gasteiger partial charge in [-0.05, 0) is 43.2 Å². The van der Waals surface area contributed by atoms with E-state index in [1.165, 1.54) is 19.3 Å². The van der Waals surface area contributed by atoms with Crippen LogP contribution in [0.15, 0.2) is 5.16 Å². The Kier molecular flexibility index (Phi) is 2.77. The summed E-state index contributed by atoms with van der Waals surface area (Å²) in [5, 5.41) is 3.51. The summed E-state index contributed by atoms with van der Waals surface area (Å²) in [4.78, 5) is 16.1. The molecule has 0 N–H and O–H groups in total. The Morgan fingerprint density at radius 3 is 2.71 bits per heavy atom. The van der Waals surface area contributed by atoms with E-state index in [4.69, 9.17) is 16.4 Å². The third-order valence-electron chi connectivity index (χ3n) is 3.09. The summed E-state index contributed by atoms with van der Waals surface area (Å²) in [6, 6.07) is 0. The fraction of sp³-hybridized carbons (Fsp3) is 0.800. The molecule has 2 aliphatic rings. The van der Waals surface area contributed by atoms with E-state index >= 15 is 0 Å². The van der Waals surface area contributed by atoms with Gasteiger partial charge in [-0.2, -0.15) is 0 Å². The quantitative estimate of drug-likeness (QED) is 0.401. The summed E-state index contributed by atoms with van der Waals surface area (Å²) in [6.07, 6.45) is 6.99. The number of halogens is 1.